The number of carbonyl (C=O) groups excluding carboxylic acids is 1. The van der Waals surface area contributed by atoms with Crippen molar-refractivity contribution in [2.45, 2.75) is 32.9 Å². The van der Waals surface area contributed by atoms with Crippen molar-refractivity contribution >= 4 is 21.8 Å². The molecule has 148 valence electrons. The summed E-state index contributed by atoms with van der Waals surface area (Å²) >= 11 is 0. The molecule has 28 heavy (non-hydrogen) atoms. The van der Waals surface area contributed by atoms with E-state index in [1.54, 1.807) is 53.4 Å². The molecule has 8 heteroatoms. The first kappa shape index (κ1) is 21.3. The molecule has 0 aromatic heterocycles. The highest BCUT2D eigenvalue weighted by Crippen LogP contribution is 2.18. The van der Waals surface area contributed by atoms with Crippen LogP contribution >= 0.6 is 0 Å². The molecule has 0 radical (unpaired) electrons. The van der Waals surface area contributed by atoms with E-state index in [-0.39, 0.29) is 17.8 Å². The van der Waals surface area contributed by atoms with E-state index in [1.165, 1.54) is 0 Å². The van der Waals surface area contributed by atoms with Crippen LogP contribution in [0.3, 0.4) is 0 Å². The van der Waals surface area contributed by atoms with E-state index >= 15 is 0 Å². The fraction of sp³-hybridized carbons (Fsp3) is 0.300. The van der Waals surface area contributed by atoms with Crippen LogP contribution < -0.4 is 9.50 Å². The van der Waals surface area contributed by atoms with Crippen LogP contribution in [0.1, 0.15) is 31.4 Å². The third-order valence-corrected chi connectivity index (χ3v) is 4.65. The molecular formula is C20H23N3O4S. The van der Waals surface area contributed by atoms with E-state index in [4.69, 9.17) is 9.44 Å². The van der Waals surface area contributed by atoms with E-state index in [0.29, 0.717) is 17.8 Å². The molecule has 0 heterocycles. The smallest absolute Gasteiger partial charge is 0.322 e. The minimum atomic E-state index is -3.58. The van der Waals surface area contributed by atoms with Crippen LogP contribution in [-0.4, -0.2) is 31.6 Å². The van der Waals surface area contributed by atoms with Crippen molar-refractivity contribution in [2.75, 3.05) is 11.6 Å². The van der Waals surface area contributed by atoms with E-state index < -0.39 is 10.1 Å². The van der Waals surface area contributed by atoms with Crippen LogP contribution in [0.15, 0.2) is 48.5 Å². The topological polar surface area (TPSA) is 99.5 Å². The number of hydrogen-bond acceptors (Lipinski definition) is 5. The van der Waals surface area contributed by atoms with Gasteiger partial charge in [0.05, 0.1) is 17.9 Å². The number of nitrogens with zero attached hydrogens (tertiary/aromatic N) is 2. The van der Waals surface area contributed by atoms with Gasteiger partial charge in [-0.15, -0.1) is 0 Å². The number of hydrogen-bond donors (Lipinski definition) is 1. The molecule has 7 nitrogen and oxygen atoms in total. The third kappa shape index (κ3) is 6.28. The molecule has 0 unspecified atom stereocenters. The van der Waals surface area contributed by atoms with Gasteiger partial charge in [-0.05, 0) is 49.2 Å². The highest BCUT2D eigenvalue weighted by atomic mass is 32.2. The third-order valence-electron chi connectivity index (χ3n) is 4.15. The first-order chi connectivity index (χ1) is 13.2. The van der Waals surface area contributed by atoms with Crippen LogP contribution in [0, 0.1) is 11.3 Å². The second-order valence-corrected chi connectivity index (χ2v) is 8.01. The molecule has 0 aliphatic heterocycles. The summed E-state index contributed by atoms with van der Waals surface area (Å²) in [5, 5.41) is 11.8. The van der Waals surface area contributed by atoms with E-state index in [2.05, 4.69) is 5.32 Å². The van der Waals surface area contributed by atoms with Gasteiger partial charge in [0.1, 0.15) is 5.75 Å². The SMILES string of the molecule is CC[C@H](C)N(Cc1ccc(OS(C)(=O)=O)cc1)C(=O)Nc1cccc(C#N)c1. The maximum absolute atomic E-state index is 12.8. The number of rotatable bonds is 7. The zero-order valence-corrected chi connectivity index (χ0v) is 16.9. The molecule has 0 saturated carbocycles. The van der Waals surface area contributed by atoms with Crippen LogP contribution in [-0.2, 0) is 16.7 Å². The van der Waals surface area contributed by atoms with Crippen molar-refractivity contribution in [1.82, 2.24) is 4.90 Å². The first-order valence-electron chi connectivity index (χ1n) is 8.78. The summed E-state index contributed by atoms with van der Waals surface area (Å²) in [4.78, 5) is 14.5. The second kappa shape index (κ2) is 9.24. The zero-order valence-electron chi connectivity index (χ0n) is 16.0. The van der Waals surface area contributed by atoms with Gasteiger partial charge in [-0.1, -0.05) is 25.1 Å². The second-order valence-electron chi connectivity index (χ2n) is 6.44. The van der Waals surface area contributed by atoms with Crippen molar-refractivity contribution in [1.29, 1.82) is 5.26 Å². The van der Waals surface area contributed by atoms with Crippen LogP contribution in [0.5, 0.6) is 5.75 Å². The number of nitriles is 1. The molecule has 2 aromatic rings. The summed E-state index contributed by atoms with van der Waals surface area (Å²) in [6, 6.07) is 15.0. The summed E-state index contributed by atoms with van der Waals surface area (Å²) < 4.78 is 27.2. The number of urea groups is 1. The molecule has 1 N–H and O–H groups in total. The lowest BCUT2D eigenvalue weighted by atomic mass is 10.1. The fourth-order valence-corrected chi connectivity index (χ4v) is 2.99. The Morgan fingerprint density at radius 1 is 1.25 bits per heavy atom. The average Bonchev–Trinajstić information content (AvgIpc) is 2.65. The largest absolute Gasteiger partial charge is 0.383 e. The first-order valence-corrected chi connectivity index (χ1v) is 10.6. The van der Waals surface area contributed by atoms with Gasteiger partial charge in [0.2, 0.25) is 0 Å². The molecule has 0 aliphatic carbocycles. The summed E-state index contributed by atoms with van der Waals surface area (Å²) in [5.41, 5.74) is 1.85. The van der Waals surface area contributed by atoms with Crippen molar-refractivity contribution in [3.05, 3.63) is 59.7 Å². The Kier molecular flexibility index (Phi) is 7.01. The summed E-state index contributed by atoms with van der Waals surface area (Å²) in [5.74, 6) is 0.221. The molecule has 1 atom stereocenters. The van der Waals surface area contributed by atoms with Crippen LogP contribution in [0.4, 0.5) is 10.5 Å². The standard InChI is InChI=1S/C20H23N3O4S/c1-4-15(2)23(20(24)22-18-7-5-6-17(12-18)13-21)14-16-8-10-19(11-9-16)27-28(3,25)26/h5-12,15H,4,14H2,1-3H3,(H,22,24)/t15-/m0/s1. The minimum absolute atomic E-state index is 0.0221. The molecule has 2 rings (SSSR count). The molecule has 0 aliphatic rings. The van der Waals surface area contributed by atoms with Crippen molar-refractivity contribution in [3.63, 3.8) is 0 Å². The van der Waals surface area contributed by atoms with E-state index in [1.807, 2.05) is 19.9 Å². The van der Waals surface area contributed by atoms with Gasteiger partial charge in [0.15, 0.2) is 0 Å². The van der Waals surface area contributed by atoms with Crippen molar-refractivity contribution < 1.29 is 17.4 Å². The molecule has 0 bridgehead atoms. The lowest BCUT2D eigenvalue weighted by Gasteiger charge is -2.29. The van der Waals surface area contributed by atoms with Crippen molar-refractivity contribution in [3.8, 4) is 11.8 Å². The Bertz CT molecular complexity index is 966. The summed E-state index contributed by atoms with van der Waals surface area (Å²) in [7, 11) is -3.58. The van der Waals surface area contributed by atoms with Crippen molar-refractivity contribution in [2.24, 2.45) is 0 Å². The molecule has 2 aromatic carbocycles. The minimum Gasteiger partial charge on any atom is -0.383 e. The summed E-state index contributed by atoms with van der Waals surface area (Å²) in [6.07, 6.45) is 1.75. The predicted molar refractivity (Wildman–Crippen MR) is 107 cm³/mol. The lowest BCUT2D eigenvalue weighted by Crippen LogP contribution is -2.40. The normalized spacial score (nSPS) is 11.9. The Hall–Kier alpha value is -3.05. The van der Waals surface area contributed by atoms with Gasteiger partial charge in [-0.2, -0.15) is 13.7 Å². The van der Waals surface area contributed by atoms with Gasteiger partial charge >= 0.3 is 16.1 Å². The number of anilines is 1. The van der Waals surface area contributed by atoms with Gasteiger partial charge in [0, 0.05) is 18.3 Å². The Labute approximate surface area is 165 Å². The van der Waals surface area contributed by atoms with Crippen LogP contribution in [0.2, 0.25) is 0 Å². The molecule has 0 saturated heterocycles. The summed E-state index contributed by atoms with van der Waals surface area (Å²) in [6.45, 7) is 4.29. The lowest BCUT2D eigenvalue weighted by molar-refractivity contribution is 0.187. The zero-order chi connectivity index (χ0) is 20.7. The highest BCUT2D eigenvalue weighted by molar-refractivity contribution is 7.86. The maximum Gasteiger partial charge on any atom is 0.322 e. The number of nitrogens with one attached hydrogen (secondary N) is 1. The van der Waals surface area contributed by atoms with E-state index in [0.717, 1.165) is 18.2 Å². The predicted octanol–water partition coefficient (Wildman–Crippen LogP) is 3.73. The molecule has 2 amide bonds. The van der Waals surface area contributed by atoms with Crippen LogP contribution in [0.25, 0.3) is 0 Å². The Morgan fingerprint density at radius 3 is 2.50 bits per heavy atom. The quantitative estimate of drug-likeness (QED) is 0.713. The van der Waals surface area contributed by atoms with Gasteiger partial charge in [-0.3, -0.25) is 0 Å². The van der Waals surface area contributed by atoms with Gasteiger partial charge < -0.3 is 14.4 Å². The van der Waals surface area contributed by atoms with Gasteiger partial charge in [-0.25, -0.2) is 4.79 Å². The number of amides is 2. The number of carbonyl (C=O) groups is 1. The molecule has 0 fully saturated rings. The van der Waals surface area contributed by atoms with E-state index in [9.17, 15) is 13.2 Å². The Balaban J connectivity index is 2.14. The van der Waals surface area contributed by atoms with Gasteiger partial charge in [0.25, 0.3) is 0 Å². The molecular weight excluding hydrogens is 378 g/mol. The number of benzene rings is 2. The highest BCUT2D eigenvalue weighted by Gasteiger charge is 2.19. The molecule has 0 spiro atoms. The Morgan fingerprint density at radius 2 is 1.93 bits per heavy atom. The fourth-order valence-electron chi connectivity index (χ4n) is 2.53. The maximum atomic E-state index is 12.8. The average molecular weight is 401 g/mol. The monoisotopic (exact) mass is 401 g/mol.